The van der Waals surface area contributed by atoms with Gasteiger partial charge in [0.15, 0.2) is 6.04 Å². The maximum atomic E-state index is 12.3. The highest BCUT2D eigenvalue weighted by Gasteiger charge is 2.19. The second-order valence-electron chi connectivity index (χ2n) is 3.81. The van der Waals surface area contributed by atoms with Crippen LogP contribution in [-0.4, -0.2) is 35.5 Å². The molecule has 4 nitrogen and oxygen atoms in total. The highest BCUT2D eigenvalue weighted by atomic mass is 79.9. The lowest BCUT2D eigenvalue weighted by atomic mass is 10.2. The van der Waals surface area contributed by atoms with Gasteiger partial charge < -0.3 is 10.4 Å². The first kappa shape index (κ1) is 16.0. The summed E-state index contributed by atoms with van der Waals surface area (Å²) in [5.74, 6) is -1.83. The van der Waals surface area contributed by atoms with Gasteiger partial charge in [0, 0.05) is 9.37 Å². The van der Waals surface area contributed by atoms with Gasteiger partial charge in [0.25, 0.3) is 0 Å². The summed E-state index contributed by atoms with van der Waals surface area (Å²) in [6.07, 6.45) is 0. The molecule has 0 heterocycles. The van der Waals surface area contributed by atoms with Crippen LogP contribution in [0.5, 0.6) is 0 Å². The van der Waals surface area contributed by atoms with Crippen LogP contribution in [0.4, 0.5) is 4.39 Å². The Labute approximate surface area is 122 Å². The van der Waals surface area contributed by atoms with Crippen molar-refractivity contribution < 1.29 is 19.1 Å². The molecule has 0 fully saturated rings. The molecule has 1 rings (SSSR count). The molecule has 7 heteroatoms. The van der Waals surface area contributed by atoms with Crippen LogP contribution < -0.4 is 5.32 Å². The lowest BCUT2D eigenvalue weighted by Gasteiger charge is -2.11. The Morgan fingerprint density at radius 2 is 2.21 bits per heavy atom. The van der Waals surface area contributed by atoms with Crippen LogP contribution in [0, 0.1) is 6.92 Å². The predicted molar refractivity (Wildman–Crippen MR) is 75.1 cm³/mol. The third kappa shape index (κ3) is 5.20. The number of carboxylic acid groups (broad SMARTS) is 1. The van der Waals surface area contributed by atoms with Crippen LogP contribution in [-0.2, 0) is 9.59 Å². The number of benzene rings is 1. The number of rotatable bonds is 6. The Bertz CT molecular complexity index is 484. The minimum atomic E-state index is -1.47. The van der Waals surface area contributed by atoms with E-state index in [9.17, 15) is 14.0 Å². The summed E-state index contributed by atoms with van der Waals surface area (Å²) in [5.41, 5.74) is 1.01. The number of hydrogen-bond acceptors (Lipinski definition) is 3. The van der Waals surface area contributed by atoms with Crippen molar-refractivity contribution in [2.75, 3.05) is 12.4 Å². The van der Waals surface area contributed by atoms with Crippen LogP contribution >= 0.6 is 27.7 Å². The van der Waals surface area contributed by atoms with Gasteiger partial charge >= 0.3 is 5.97 Å². The first-order valence-corrected chi connectivity index (χ1v) is 7.19. The topological polar surface area (TPSA) is 66.4 Å². The van der Waals surface area contributed by atoms with Crippen molar-refractivity contribution in [1.29, 1.82) is 0 Å². The van der Waals surface area contributed by atoms with Crippen molar-refractivity contribution in [3.63, 3.8) is 0 Å². The molecule has 0 aliphatic rings. The van der Waals surface area contributed by atoms with Crippen LogP contribution in [0.2, 0.25) is 0 Å². The average molecular weight is 350 g/mol. The van der Waals surface area contributed by atoms with E-state index in [2.05, 4.69) is 21.2 Å². The van der Waals surface area contributed by atoms with E-state index in [1.54, 1.807) is 0 Å². The van der Waals surface area contributed by atoms with E-state index >= 15 is 0 Å². The number of alkyl halides is 1. The summed E-state index contributed by atoms with van der Waals surface area (Å²) >= 11 is 4.62. The highest BCUT2D eigenvalue weighted by molar-refractivity contribution is 9.10. The lowest BCUT2D eigenvalue weighted by molar-refractivity contribution is -0.141. The first-order valence-electron chi connectivity index (χ1n) is 5.41. The molecule has 0 radical (unpaired) electrons. The Morgan fingerprint density at radius 3 is 2.74 bits per heavy atom. The molecule has 0 aliphatic carbocycles. The second kappa shape index (κ2) is 7.49. The summed E-state index contributed by atoms with van der Waals surface area (Å²) in [5, 5.41) is 10.7. The van der Waals surface area contributed by atoms with E-state index in [-0.39, 0.29) is 5.75 Å². The quantitative estimate of drug-likeness (QED) is 0.774. The largest absolute Gasteiger partial charge is 0.480 e. The van der Waals surface area contributed by atoms with Crippen LogP contribution in [0.3, 0.4) is 0 Å². The predicted octanol–water partition coefficient (Wildman–Crippen LogP) is 2.39. The maximum Gasteiger partial charge on any atom is 0.328 e. The number of amides is 1. The van der Waals surface area contributed by atoms with Gasteiger partial charge in [-0.05, 0) is 30.7 Å². The first-order chi connectivity index (χ1) is 8.93. The Kier molecular flexibility index (Phi) is 6.30. The molecular weight excluding hydrogens is 337 g/mol. The van der Waals surface area contributed by atoms with Gasteiger partial charge in [-0.15, -0.1) is 11.8 Å². The van der Waals surface area contributed by atoms with E-state index in [1.807, 2.05) is 25.1 Å². The molecule has 1 aromatic carbocycles. The standard InChI is InChI=1S/C12H13BrFNO3S/c1-7-4-8(13)2-3-10(7)19-6-11(16)15-9(5-14)12(17)18/h2-4,9H,5-6H2,1H3,(H,15,16)(H,17,18). The van der Waals surface area contributed by atoms with Crippen molar-refractivity contribution in [3.8, 4) is 0 Å². The summed E-state index contributed by atoms with van der Waals surface area (Å²) < 4.78 is 13.3. The maximum absolute atomic E-state index is 12.3. The van der Waals surface area contributed by atoms with Crippen LogP contribution in [0.1, 0.15) is 5.56 Å². The summed E-state index contributed by atoms with van der Waals surface area (Å²) in [4.78, 5) is 23.0. The average Bonchev–Trinajstić information content (AvgIpc) is 2.34. The van der Waals surface area contributed by atoms with E-state index in [0.29, 0.717) is 0 Å². The molecule has 0 bridgehead atoms. The smallest absolute Gasteiger partial charge is 0.328 e. The Hall–Kier alpha value is -1.08. The molecule has 0 aromatic heterocycles. The van der Waals surface area contributed by atoms with E-state index in [1.165, 1.54) is 11.8 Å². The molecule has 1 amide bonds. The van der Waals surface area contributed by atoms with Gasteiger partial charge in [-0.25, -0.2) is 9.18 Å². The number of carbonyl (C=O) groups is 2. The van der Waals surface area contributed by atoms with E-state index in [0.717, 1.165) is 14.9 Å². The fraction of sp³-hybridized carbons (Fsp3) is 0.333. The van der Waals surface area contributed by atoms with Crippen LogP contribution in [0.25, 0.3) is 0 Å². The summed E-state index contributed by atoms with van der Waals surface area (Å²) in [6, 6.07) is 4.16. The summed E-state index contributed by atoms with van der Waals surface area (Å²) in [7, 11) is 0. The third-order valence-electron chi connectivity index (χ3n) is 2.28. The zero-order valence-corrected chi connectivity index (χ0v) is 12.6. The molecular formula is C12H13BrFNO3S. The van der Waals surface area contributed by atoms with E-state index < -0.39 is 24.6 Å². The van der Waals surface area contributed by atoms with Crippen molar-refractivity contribution in [2.45, 2.75) is 17.9 Å². The SMILES string of the molecule is Cc1cc(Br)ccc1SCC(=O)NC(CF)C(=O)O. The zero-order valence-electron chi connectivity index (χ0n) is 10.2. The molecule has 104 valence electrons. The number of thioether (sulfide) groups is 1. The molecule has 1 atom stereocenters. The minimum absolute atomic E-state index is 0.0479. The molecule has 19 heavy (non-hydrogen) atoms. The molecule has 0 spiro atoms. The Morgan fingerprint density at radius 1 is 1.53 bits per heavy atom. The number of halogens is 2. The third-order valence-corrected chi connectivity index (χ3v) is 3.95. The van der Waals surface area contributed by atoms with Gasteiger partial charge in [-0.3, -0.25) is 4.79 Å². The van der Waals surface area contributed by atoms with Gasteiger partial charge in [-0.1, -0.05) is 15.9 Å². The Balaban J connectivity index is 2.52. The van der Waals surface area contributed by atoms with Gasteiger partial charge in [0.1, 0.15) is 6.67 Å². The summed E-state index contributed by atoms with van der Waals surface area (Å²) in [6.45, 7) is 0.787. The normalized spacial score (nSPS) is 11.9. The monoisotopic (exact) mass is 349 g/mol. The van der Waals surface area contributed by atoms with Crippen molar-refractivity contribution in [2.24, 2.45) is 0 Å². The van der Waals surface area contributed by atoms with Crippen molar-refractivity contribution >= 4 is 39.6 Å². The number of aryl methyl sites for hydroxylation is 1. The van der Waals surface area contributed by atoms with Gasteiger partial charge in [-0.2, -0.15) is 0 Å². The zero-order chi connectivity index (χ0) is 14.4. The fourth-order valence-electron chi connectivity index (χ4n) is 1.32. The molecule has 2 N–H and O–H groups in total. The molecule has 1 unspecified atom stereocenters. The molecule has 0 saturated carbocycles. The molecule has 1 aromatic rings. The number of nitrogens with one attached hydrogen (secondary N) is 1. The highest BCUT2D eigenvalue weighted by Crippen LogP contribution is 2.25. The van der Waals surface area contributed by atoms with Crippen LogP contribution in [0.15, 0.2) is 27.6 Å². The fourth-order valence-corrected chi connectivity index (χ4v) is 2.62. The number of carboxylic acids is 1. The molecule has 0 saturated heterocycles. The molecule has 0 aliphatic heterocycles. The number of aliphatic carboxylic acids is 1. The van der Waals surface area contributed by atoms with Crippen molar-refractivity contribution in [3.05, 3.63) is 28.2 Å². The van der Waals surface area contributed by atoms with E-state index in [4.69, 9.17) is 5.11 Å². The second-order valence-corrected chi connectivity index (χ2v) is 5.74. The number of hydrogen-bond donors (Lipinski definition) is 2. The minimum Gasteiger partial charge on any atom is -0.480 e. The van der Waals surface area contributed by atoms with Crippen molar-refractivity contribution in [1.82, 2.24) is 5.32 Å². The van der Waals surface area contributed by atoms with Gasteiger partial charge in [0.05, 0.1) is 5.75 Å². The van der Waals surface area contributed by atoms with Gasteiger partial charge in [0.2, 0.25) is 5.91 Å². The number of carbonyl (C=O) groups excluding carboxylic acids is 1. The lowest BCUT2D eigenvalue weighted by Crippen LogP contribution is -2.43.